The summed E-state index contributed by atoms with van der Waals surface area (Å²) in [5.41, 5.74) is 2.83. The van der Waals surface area contributed by atoms with E-state index < -0.39 is 18.2 Å². The van der Waals surface area contributed by atoms with Crippen LogP contribution in [0.5, 0.6) is 5.95 Å². The first-order valence-corrected chi connectivity index (χ1v) is 11.5. The van der Waals surface area contributed by atoms with E-state index in [2.05, 4.69) is 20.5 Å². The van der Waals surface area contributed by atoms with Gasteiger partial charge in [-0.05, 0) is 38.1 Å². The van der Waals surface area contributed by atoms with E-state index in [0.717, 1.165) is 30.0 Å². The fraction of sp³-hybridized carbons (Fsp3) is 0.269. The molecule has 1 fully saturated rings. The normalized spacial score (nSPS) is 18.3. The van der Waals surface area contributed by atoms with Gasteiger partial charge in [0.25, 0.3) is 11.9 Å². The third-order valence-corrected chi connectivity index (χ3v) is 5.91. The molecule has 1 aromatic heterocycles. The molecule has 174 valence electrons. The number of carbonyl (C=O) groups is 2. The van der Waals surface area contributed by atoms with Crippen molar-refractivity contribution in [1.29, 1.82) is 0 Å². The zero-order chi connectivity index (χ0) is 23.3. The lowest BCUT2D eigenvalue weighted by Gasteiger charge is -2.25. The molecule has 2 N–H and O–H groups in total. The lowest BCUT2D eigenvalue weighted by Crippen LogP contribution is -2.43. The number of fused-ring (bicyclic) bond motifs is 1. The molecule has 0 radical (unpaired) electrons. The number of nitrogens with zero attached hydrogens (tertiary/aromatic N) is 2. The van der Waals surface area contributed by atoms with Gasteiger partial charge >= 0.3 is 6.09 Å². The van der Waals surface area contributed by atoms with Crippen LogP contribution >= 0.6 is 0 Å². The fourth-order valence-corrected chi connectivity index (χ4v) is 4.25. The smallest absolute Gasteiger partial charge is 0.417 e. The number of hydrogen-bond donors (Lipinski definition) is 2. The number of para-hydroxylation sites is 1. The van der Waals surface area contributed by atoms with Crippen LogP contribution in [0.2, 0.25) is 0 Å². The number of piperidine rings is 1. The molecule has 0 aliphatic carbocycles. The molecule has 2 aliphatic rings. The predicted octanol–water partition coefficient (Wildman–Crippen LogP) is 4.17. The Morgan fingerprint density at radius 3 is 2.62 bits per heavy atom. The van der Waals surface area contributed by atoms with Gasteiger partial charge in [0.1, 0.15) is 5.76 Å². The minimum atomic E-state index is -1.17. The van der Waals surface area contributed by atoms with Crippen molar-refractivity contribution in [2.24, 2.45) is 4.99 Å². The van der Waals surface area contributed by atoms with Crippen LogP contribution in [0.1, 0.15) is 36.1 Å². The molecule has 8 heteroatoms. The second-order valence-electron chi connectivity index (χ2n) is 8.37. The molecule has 2 aromatic carbocycles. The Labute approximate surface area is 197 Å². The summed E-state index contributed by atoms with van der Waals surface area (Å²) < 4.78 is 11.0. The minimum absolute atomic E-state index is 0.0779. The van der Waals surface area contributed by atoms with Gasteiger partial charge in [-0.1, -0.05) is 55.0 Å². The maximum absolute atomic E-state index is 12.8. The van der Waals surface area contributed by atoms with E-state index in [1.165, 1.54) is 19.3 Å². The number of ether oxygens (including phenoxy) is 1. The molecular weight excluding hydrogens is 432 g/mol. The number of carbonyl (C=O) groups excluding carboxylic acids is 2. The van der Waals surface area contributed by atoms with Gasteiger partial charge in [0.2, 0.25) is 6.17 Å². The van der Waals surface area contributed by atoms with Gasteiger partial charge in [-0.2, -0.15) is 0 Å². The zero-order valence-electron chi connectivity index (χ0n) is 18.7. The second-order valence-corrected chi connectivity index (χ2v) is 8.37. The highest BCUT2D eigenvalue weighted by Crippen LogP contribution is 2.24. The summed E-state index contributed by atoms with van der Waals surface area (Å²) in [7, 11) is 0. The Morgan fingerprint density at radius 1 is 1.03 bits per heavy atom. The molecule has 0 unspecified atom stereocenters. The molecule has 0 bridgehead atoms. The largest absolute Gasteiger partial charge is 0.429 e. The number of benzodiazepines with no additional fused rings is 1. The molecule has 5 rings (SSSR count). The highest BCUT2D eigenvalue weighted by Gasteiger charge is 2.28. The number of benzene rings is 2. The number of rotatable bonds is 5. The quantitative estimate of drug-likeness (QED) is 0.598. The molecular formula is C26H26N4O4. The molecule has 3 heterocycles. The van der Waals surface area contributed by atoms with Crippen LogP contribution in [0, 0.1) is 0 Å². The minimum Gasteiger partial charge on any atom is -0.429 e. The predicted molar refractivity (Wildman–Crippen MR) is 128 cm³/mol. The Balaban J connectivity index is 1.30. The third kappa shape index (κ3) is 5.02. The highest BCUT2D eigenvalue weighted by atomic mass is 16.6. The number of anilines is 1. The topological polar surface area (TPSA) is 96.2 Å². The summed E-state index contributed by atoms with van der Waals surface area (Å²) in [4.78, 5) is 32.4. The maximum atomic E-state index is 12.8. The first kappa shape index (κ1) is 21.9. The van der Waals surface area contributed by atoms with Gasteiger partial charge in [-0.25, -0.2) is 9.79 Å². The molecule has 0 spiro atoms. The summed E-state index contributed by atoms with van der Waals surface area (Å²) in [5, 5.41) is 5.39. The number of hydrogen-bond acceptors (Lipinski definition) is 6. The van der Waals surface area contributed by atoms with Crippen molar-refractivity contribution in [3.05, 3.63) is 83.6 Å². The molecule has 0 saturated carbocycles. The molecule has 1 saturated heterocycles. The molecule has 2 aliphatic heterocycles. The van der Waals surface area contributed by atoms with Crippen LogP contribution in [0.4, 0.5) is 10.5 Å². The Kier molecular flexibility index (Phi) is 6.40. The maximum Gasteiger partial charge on any atom is 0.417 e. The molecule has 34 heavy (non-hydrogen) atoms. The van der Waals surface area contributed by atoms with Crippen LogP contribution in [-0.4, -0.2) is 41.9 Å². The van der Waals surface area contributed by atoms with Crippen molar-refractivity contribution >= 4 is 23.4 Å². The van der Waals surface area contributed by atoms with E-state index >= 15 is 0 Å². The van der Waals surface area contributed by atoms with Crippen molar-refractivity contribution in [3.63, 3.8) is 0 Å². The summed E-state index contributed by atoms with van der Waals surface area (Å²) in [6.45, 7) is 2.76. The van der Waals surface area contributed by atoms with E-state index in [1.54, 1.807) is 18.2 Å². The number of amides is 2. The number of likely N-dealkylation sites (tertiary alicyclic amines) is 1. The monoisotopic (exact) mass is 458 g/mol. The SMILES string of the molecule is O=C(N[C@H]1N=C(c2ccccc2)c2ccccc2NC1=O)Oc1ccc(CN2CCCCC2)o1. The van der Waals surface area contributed by atoms with Crippen molar-refractivity contribution in [2.45, 2.75) is 32.0 Å². The number of furan rings is 1. The molecule has 2 amide bonds. The molecule has 3 aromatic rings. The first-order chi connectivity index (χ1) is 16.7. The summed E-state index contributed by atoms with van der Waals surface area (Å²) in [6.07, 6.45) is 1.65. The van der Waals surface area contributed by atoms with Crippen LogP contribution in [0.25, 0.3) is 0 Å². The van der Waals surface area contributed by atoms with E-state index in [9.17, 15) is 9.59 Å². The first-order valence-electron chi connectivity index (χ1n) is 11.5. The standard InChI is InChI=1S/C26H26N4O4/c31-25-24(28-23(18-9-3-1-4-10-18)20-11-5-6-12-21(20)27-25)29-26(32)34-22-14-13-19(33-22)17-30-15-7-2-8-16-30/h1,3-6,9-14,24H,2,7-8,15-17H2,(H,27,31)(H,29,32)/t24-/m1/s1. The van der Waals surface area contributed by atoms with Gasteiger partial charge in [-0.15, -0.1) is 0 Å². The summed E-state index contributed by atoms with van der Waals surface area (Å²) >= 11 is 0. The van der Waals surface area contributed by atoms with Gasteiger partial charge in [0.05, 0.1) is 17.9 Å². The van der Waals surface area contributed by atoms with E-state index in [4.69, 9.17) is 9.15 Å². The Hall–Kier alpha value is -3.91. The highest BCUT2D eigenvalue weighted by molar-refractivity contribution is 6.19. The Bertz CT molecular complexity index is 1200. The van der Waals surface area contributed by atoms with Crippen molar-refractivity contribution in [1.82, 2.24) is 10.2 Å². The summed E-state index contributed by atoms with van der Waals surface area (Å²) in [6, 6.07) is 20.3. The second kappa shape index (κ2) is 9.93. The van der Waals surface area contributed by atoms with Crippen molar-refractivity contribution in [3.8, 4) is 5.95 Å². The van der Waals surface area contributed by atoms with Crippen LogP contribution in [-0.2, 0) is 11.3 Å². The fourth-order valence-electron chi connectivity index (χ4n) is 4.25. The Morgan fingerprint density at radius 2 is 1.79 bits per heavy atom. The van der Waals surface area contributed by atoms with Crippen LogP contribution < -0.4 is 15.4 Å². The van der Waals surface area contributed by atoms with Crippen molar-refractivity contribution in [2.75, 3.05) is 18.4 Å². The lowest BCUT2D eigenvalue weighted by molar-refractivity contribution is -0.117. The molecule has 1 atom stereocenters. The van der Waals surface area contributed by atoms with Crippen molar-refractivity contribution < 1.29 is 18.7 Å². The van der Waals surface area contributed by atoms with Crippen LogP contribution in [0.15, 0.2) is 76.1 Å². The van der Waals surface area contributed by atoms with Gasteiger partial charge in [0.15, 0.2) is 0 Å². The van der Waals surface area contributed by atoms with Gasteiger partial charge in [-0.3, -0.25) is 15.0 Å². The van der Waals surface area contributed by atoms with E-state index in [0.29, 0.717) is 17.9 Å². The zero-order valence-corrected chi connectivity index (χ0v) is 18.7. The van der Waals surface area contributed by atoms with E-state index in [-0.39, 0.29) is 5.95 Å². The number of aliphatic imine (C=N–C) groups is 1. The molecule has 8 nitrogen and oxygen atoms in total. The third-order valence-electron chi connectivity index (χ3n) is 5.91. The average Bonchev–Trinajstić information content (AvgIpc) is 3.23. The van der Waals surface area contributed by atoms with E-state index in [1.807, 2.05) is 48.5 Å². The number of nitrogens with one attached hydrogen (secondary N) is 2. The lowest BCUT2D eigenvalue weighted by atomic mass is 10.0. The average molecular weight is 459 g/mol. The van der Waals surface area contributed by atoms with Crippen LogP contribution in [0.3, 0.4) is 0 Å². The van der Waals surface area contributed by atoms with Gasteiger partial charge in [0, 0.05) is 17.2 Å². The van der Waals surface area contributed by atoms with Gasteiger partial charge < -0.3 is 14.5 Å². The summed E-state index contributed by atoms with van der Waals surface area (Å²) in [5.74, 6) is 0.353.